The maximum Gasteiger partial charge on any atom is 0.419 e. The number of ether oxygens (including phenoxy) is 1. The van der Waals surface area contributed by atoms with Crippen LogP contribution in [-0.2, 0) is 11.0 Å². The molecule has 0 heterocycles. The van der Waals surface area contributed by atoms with Crippen molar-refractivity contribution in [2.75, 3.05) is 6.61 Å². The van der Waals surface area contributed by atoms with Gasteiger partial charge >= 0.3 is 6.18 Å². The summed E-state index contributed by atoms with van der Waals surface area (Å²) in [6.07, 6.45) is -4.35. The van der Waals surface area contributed by atoms with E-state index in [0.29, 0.717) is 6.29 Å². The van der Waals surface area contributed by atoms with Gasteiger partial charge in [0.15, 0.2) is 0 Å². The summed E-state index contributed by atoms with van der Waals surface area (Å²) >= 11 is 0. The first-order valence-corrected chi connectivity index (χ1v) is 6.32. The SMILES string of the molecule is CC(C)NC(=O)CCOc1ccc(C=O)cc1C(F)(F)F. The molecule has 1 aromatic rings. The van der Waals surface area contributed by atoms with Crippen molar-refractivity contribution in [2.45, 2.75) is 32.5 Å². The fourth-order valence-electron chi connectivity index (χ4n) is 1.62. The Balaban J connectivity index is 2.75. The number of carbonyl (C=O) groups is 2. The number of carbonyl (C=O) groups excluding carboxylic acids is 2. The lowest BCUT2D eigenvalue weighted by Crippen LogP contribution is -2.31. The molecule has 0 spiro atoms. The molecule has 0 saturated carbocycles. The molecule has 0 bridgehead atoms. The van der Waals surface area contributed by atoms with Crippen molar-refractivity contribution in [1.82, 2.24) is 5.32 Å². The van der Waals surface area contributed by atoms with Crippen molar-refractivity contribution in [1.29, 1.82) is 0 Å². The van der Waals surface area contributed by atoms with Crippen LogP contribution in [0.1, 0.15) is 36.2 Å². The van der Waals surface area contributed by atoms with Crippen molar-refractivity contribution < 1.29 is 27.5 Å². The zero-order chi connectivity index (χ0) is 16.0. The van der Waals surface area contributed by atoms with E-state index in [0.717, 1.165) is 12.1 Å². The molecule has 0 aliphatic heterocycles. The standard InChI is InChI=1S/C14H16F3NO3/c1-9(2)18-13(20)5-6-21-12-4-3-10(8-19)7-11(12)14(15,16)17/h3-4,7-9H,5-6H2,1-2H3,(H,18,20). The second-order valence-electron chi connectivity index (χ2n) is 4.69. The molecule has 0 radical (unpaired) electrons. The van der Waals surface area contributed by atoms with Gasteiger partial charge in [0, 0.05) is 11.6 Å². The highest BCUT2D eigenvalue weighted by molar-refractivity contribution is 5.76. The van der Waals surface area contributed by atoms with Crippen LogP contribution in [0.15, 0.2) is 18.2 Å². The lowest BCUT2D eigenvalue weighted by molar-refractivity contribution is -0.138. The third kappa shape index (κ3) is 5.45. The summed E-state index contributed by atoms with van der Waals surface area (Å²) in [5.74, 6) is -0.700. The lowest BCUT2D eigenvalue weighted by atomic mass is 10.1. The van der Waals surface area contributed by atoms with Crippen LogP contribution >= 0.6 is 0 Å². The van der Waals surface area contributed by atoms with Gasteiger partial charge in [-0.3, -0.25) is 9.59 Å². The Morgan fingerprint density at radius 1 is 1.38 bits per heavy atom. The van der Waals surface area contributed by atoms with Crippen molar-refractivity contribution in [3.8, 4) is 5.75 Å². The van der Waals surface area contributed by atoms with Crippen molar-refractivity contribution >= 4 is 12.2 Å². The predicted octanol–water partition coefficient (Wildman–Crippen LogP) is 2.81. The average Bonchev–Trinajstić information content (AvgIpc) is 2.36. The minimum absolute atomic E-state index is 0.0462. The molecule has 4 nitrogen and oxygen atoms in total. The number of nitrogens with one attached hydrogen (secondary N) is 1. The van der Waals surface area contributed by atoms with Gasteiger partial charge in [0.25, 0.3) is 0 Å². The van der Waals surface area contributed by atoms with E-state index in [1.165, 1.54) is 6.07 Å². The molecule has 0 aliphatic carbocycles. The summed E-state index contributed by atoms with van der Waals surface area (Å²) in [6, 6.07) is 2.98. The predicted molar refractivity (Wildman–Crippen MR) is 70.2 cm³/mol. The van der Waals surface area contributed by atoms with Gasteiger partial charge in [-0.05, 0) is 32.0 Å². The fourth-order valence-corrected chi connectivity index (χ4v) is 1.62. The molecule has 1 rings (SSSR count). The molecule has 0 unspecified atom stereocenters. The molecule has 0 fully saturated rings. The number of hydrogen-bond acceptors (Lipinski definition) is 3. The third-order valence-electron chi connectivity index (χ3n) is 2.48. The molecular formula is C14H16F3NO3. The highest BCUT2D eigenvalue weighted by Crippen LogP contribution is 2.36. The Hall–Kier alpha value is -2.05. The molecule has 1 aromatic carbocycles. The van der Waals surface area contributed by atoms with E-state index >= 15 is 0 Å². The third-order valence-corrected chi connectivity index (χ3v) is 2.48. The molecule has 0 aliphatic rings. The highest BCUT2D eigenvalue weighted by atomic mass is 19.4. The topological polar surface area (TPSA) is 55.4 Å². The van der Waals surface area contributed by atoms with Gasteiger partial charge in [-0.25, -0.2) is 0 Å². The maximum absolute atomic E-state index is 12.8. The summed E-state index contributed by atoms with van der Waals surface area (Å²) in [4.78, 5) is 21.9. The van der Waals surface area contributed by atoms with E-state index in [4.69, 9.17) is 4.74 Å². The van der Waals surface area contributed by atoms with Crippen LogP contribution in [0.3, 0.4) is 0 Å². The Kier molecular flexibility index (Phi) is 5.75. The lowest BCUT2D eigenvalue weighted by Gasteiger charge is -2.14. The quantitative estimate of drug-likeness (QED) is 0.822. The van der Waals surface area contributed by atoms with Crippen LogP contribution in [0.5, 0.6) is 5.75 Å². The summed E-state index contributed by atoms with van der Waals surface area (Å²) in [6.45, 7) is 3.37. The molecule has 0 saturated heterocycles. The number of hydrogen-bond donors (Lipinski definition) is 1. The van der Waals surface area contributed by atoms with Crippen LogP contribution in [-0.4, -0.2) is 24.8 Å². The minimum atomic E-state index is -4.63. The monoisotopic (exact) mass is 303 g/mol. The van der Waals surface area contributed by atoms with Crippen molar-refractivity contribution in [2.24, 2.45) is 0 Å². The van der Waals surface area contributed by atoms with Crippen LogP contribution in [0, 0.1) is 0 Å². The number of rotatable bonds is 6. The zero-order valence-electron chi connectivity index (χ0n) is 11.7. The average molecular weight is 303 g/mol. The van der Waals surface area contributed by atoms with Crippen molar-refractivity contribution in [3.05, 3.63) is 29.3 Å². The van der Waals surface area contributed by atoms with Crippen LogP contribution < -0.4 is 10.1 Å². The molecule has 21 heavy (non-hydrogen) atoms. The second kappa shape index (κ2) is 7.10. The molecule has 1 amide bonds. The van der Waals surface area contributed by atoms with Crippen LogP contribution in [0.4, 0.5) is 13.2 Å². The summed E-state index contributed by atoms with van der Waals surface area (Å²) in [5.41, 5.74) is -1.12. The van der Waals surface area contributed by atoms with Gasteiger partial charge in [0.2, 0.25) is 5.91 Å². The second-order valence-corrected chi connectivity index (χ2v) is 4.69. The number of benzene rings is 1. The summed E-state index contributed by atoms with van der Waals surface area (Å²) in [7, 11) is 0. The fraction of sp³-hybridized carbons (Fsp3) is 0.429. The molecule has 116 valence electrons. The van der Waals surface area contributed by atoms with Crippen LogP contribution in [0.2, 0.25) is 0 Å². The number of alkyl halides is 3. The Morgan fingerprint density at radius 3 is 2.57 bits per heavy atom. The largest absolute Gasteiger partial charge is 0.492 e. The number of amides is 1. The Labute approximate surface area is 120 Å². The van der Waals surface area contributed by atoms with E-state index < -0.39 is 17.5 Å². The Morgan fingerprint density at radius 2 is 2.05 bits per heavy atom. The van der Waals surface area contributed by atoms with E-state index in [9.17, 15) is 22.8 Å². The zero-order valence-corrected chi connectivity index (χ0v) is 11.7. The van der Waals surface area contributed by atoms with Crippen LogP contribution in [0.25, 0.3) is 0 Å². The van der Waals surface area contributed by atoms with E-state index in [-0.39, 0.29) is 30.5 Å². The summed E-state index contributed by atoms with van der Waals surface area (Å²) in [5, 5.41) is 2.60. The van der Waals surface area contributed by atoms with Gasteiger partial charge in [0.1, 0.15) is 12.0 Å². The van der Waals surface area contributed by atoms with E-state index in [1.807, 2.05) is 0 Å². The van der Waals surface area contributed by atoms with Gasteiger partial charge in [0.05, 0.1) is 18.6 Å². The first-order valence-electron chi connectivity index (χ1n) is 6.32. The minimum Gasteiger partial charge on any atom is -0.492 e. The van der Waals surface area contributed by atoms with Gasteiger partial charge in [-0.1, -0.05) is 0 Å². The van der Waals surface area contributed by atoms with E-state index in [2.05, 4.69) is 5.32 Å². The molecule has 1 N–H and O–H groups in total. The smallest absolute Gasteiger partial charge is 0.419 e. The normalized spacial score (nSPS) is 11.3. The van der Waals surface area contributed by atoms with Gasteiger partial charge in [-0.2, -0.15) is 13.2 Å². The molecule has 7 heteroatoms. The molecule has 0 atom stereocenters. The first-order chi connectivity index (χ1) is 9.74. The Bertz CT molecular complexity index is 513. The van der Waals surface area contributed by atoms with Crippen molar-refractivity contribution in [3.63, 3.8) is 0 Å². The van der Waals surface area contributed by atoms with E-state index in [1.54, 1.807) is 13.8 Å². The maximum atomic E-state index is 12.8. The van der Waals surface area contributed by atoms with Gasteiger partial charge < -0.3 is 10.1 Å². The molecular weight excluding hydrogens is 287 g/mol. The number of aldehydes is 1. The summed E-state index contributed by atoms with van der Waals surface area (Å²) < 4.78 is 43.6. The highest BCUT2D eigenvalue weighted by Gasteiger charge is 2.34. The first kappa shape index (κ1) is 17.0. The molecule has 0 aromatic heterocycles. The van der Waals surface area contributed by atoms with Gasteiger partial charge in [-0.15, -0.1) is 0 Å². The number of halogens is 3.